The highest BCUT2D eigenvalue weighted by atomic mass is 28.4. The molecule has 28 heavy (non-hydrogen) atoms. The Labute approximate surface area is 173 Å². The molecule has 0 bridgehead atoms. The summed E-state index contributed by atoms with van der Waals surface area (Å²) >= 11 is 0. The van der Waals surface area contributed by atoms with Crippen molar-refractivity contribution in [2.45, 2.75) is 110 Å². The minimum Gasteiger partial charge on any atom is -0.415 e. The van der Waals surface area contributed by atoms with Gasteiger partial charge in [0.25, 0.3) is 0 Å². The van der Waals surface area contributed by atoms with Crippen LogP contribution in [-0.2, 0) is 9.22 Å². The molecule has 0 aliphatic heterocycles. The van der Waals surface area contributed by atoms with E-state index >= 15 is 0 Å². The molecular weight excluding hydrogens is 364 g/mol. The SMILES string of the molecule is CCC1C[C@H]2[C@@H]3CCC4(O)CC(O[Si](C)(C)C)CC[C@]4(C)[C@@H]3CC[C@]2(C)C1=O. The van der Waals surface area contributed by atoms with Crippen LogP contribution in [0.25, 0.3) is 0 Å². The molecule has 4 fully saturated rings. The summed E-state index contributed by atoms with van der Waals surface area (Å²) in [7, 11) is -1.59. The van der Waals surface area contributed by atoms with Crippen molar-refractivity contribution in [2.75, 3.05) is 0 Å². The summed E-state index contributed by atoms with van der Waals surface area (Å²) in [6.45, 7) is 13.6. The van der Waals surface area contributed by atoms with Crippen LogP contribution in [-0.4, -0.2) is 30.9 Å². The zero-order chi connectivity index (χ0) is 20.5. The Balaban J connectivity index is 1.58. The molecule has 0 aromatic carbocycles. The van der Waals surface area contributed by atoms with Crippen molar-refractivity contribution >= 4 is 14.1 Å². The molecule has 3 nitrogen and oxygen atoms in total. The first-order chi connectivity index (χ1) is 12.9. The molecule has 8 atom stereocenters. The van der Waals surface area contributed by atoms with Crippen LogP contribution in [0.3, 0.4) is 0 Å². The summed E-state index contributed by atoms with van der Waals surface area (Å²) in [6, 6.07) is 0. The molecule has 0 aromatic heterocycles. The molecule has 0 aromatic rings. The lowest BCUT2D eigenvalue weighted by Gasteiger charge is -2.63. The molecule has 4 heteroatoms. The maximum atomic E-state index is 13.1. The predicted molar refractivity (Wildman–Crippen MR) is 116 cm³/mol. The number of carbonyl (C=O) groups excluding carboxylic acids is 1. The van der Waals surface area contributed by atoms with E-state index in [1.807, 2.05) is 0 Å². The number of hydrogen-bond donors (Lipinski definition) is 1. The van der Waals surface area contributed by atoms with Gasteiger partial charge in [0.2, 0.25) is 0 Å². The third-order valence-corrected chi connectivity index (χ3v) is 10.7. The predicted octanol–water partition coefficient (Wildman–Crippen LogP) is 5.57. The molecule has 4 rings (SSSR count). The van der Waals surface area contributed by atoms with Gasteiger partial charge in [-0.15, -0.1) is 0 Å². The second-order valence-electron chi connectivity index (χ2n) is 12.1. The van der Waals surface area contributed by atoms with Crippen molar-refractivity contribution in [3.63, 3.8) is 0 Å². The van der Waals surface area contributed by atoms with Crippen molar-refractivity contribution in [2.24, 2.45) is 34.5 Å². The lowest BCUT2D eigenvalue weighted by Crippen LogP contribution is -2.63. The van der Waals surface area contributed by atoms with E-state index in [0.29, 0.717) is 23.5 Å². The molecule has 0 spiro atoms. The zero-order valence-corrected chi connectivity index (χ0v) is 20.0. The molecular formula is C24H42O3Si. The largest absolute Gasteiger partial charge is 0.415 e. The molecule has 3 unspecified atom stereocenters. The fraction of sp³-hybridized carbons (Fsp3) is 0.958. The average Bonchev–Trinajstić information content (AvgIpc) is 2.86. The van der Waals surface area contributed by atoms with Gasteiger partial charge in [-0.05, 0) is 94.2 Å². The number of fused-ring (bicyclic) bond motifs is 5. The average molecular weight is 407 g/mol. The first-order valence-corrected chi connectivity index (χ1v) is 15.3. The molecule has 160 valence electrons. The first-order valence-electron chi connectivity index (χ1n) is 11.9. The fourth-order valence-electron chi connectivity index (χ4n) is 8.10. The van der Waals surface area contributed by atoms with Gasteiger partial charge >= 0.3 is 0 Å². The van der Waals surface area contributed by atoms with E-state index in [0.717, 1.165) is 57.8 Å². The normalized spacial score (nSPS) is 51.4. The van der Waals surface area contributed by atoms with Crippen molar-refractivity contribution in [1.29, 1.82) is 0 Å². The van der Waals surface area contributed by atoms with Gasteiger partial charge in [-0.1, -0.05) is 20.8 Å². The summed E-state index contributed by atoms with van der Waals surface area (Å²) in [4.78, 5) is 13.1. The van der Waals surface area contributed by atoms with Gasteiger partial charge in [0.15, 0.2) is 8.32 Å². The number of rotatable bonds is 3. The molecule has 0 saturated heterocycles. The Kier molecular flexibility index (Phi) is 5.00. The van der Waals surface area contributed by atoms with E-state index in [1.165, 1.54) is 0 Å². The summed E-state index contributed by atoms with van der Waals surface area (Å²) in [6.07, 6.45) is 9.46. The number of carbonyl (C=O) groups is 1. The van der Waals surface area contributed by atoms with E-state index in [-0.39, 0.29) is 22.9 Å². The maximum absolute atomic E-state index is 13.1. The van der Waals surface area contributed by atoms with Crippen molar-refractivity contribution in [1.82, 2.24) is 0 Å². The van der Waals surface area contributed by atoms with Crippen LogP contribution in [0.4, 0.5) is 0 Å². The summed E-state index contributed by atoms with van der Waals surface area (Å²) in [5.41, 5.74) is -0.688. The Bertz CT molecular complexity index is 642. The van der Waals surface area contributed by atoms with Gasteiger partial charge < -0.3 is 9.53 Å². The Morgan fingerprint density at radius 2 is 1.79 bits per heavy atom. The maximum Gasteiger partial charge on any atom is 0.184 e. The van der Waals surface area contributed by atoms with Crippen LogP contribution >= 0.6 is 0 Å². The van der Waals surface area contributed by atoms with Gasteiger partial charge in [0.1, 0.15) is 5.78 Å². The van der Waals surface area contributed by atoms with Crippen molar-refractivity contribution < 1.29 is 14.3 Å². The smallest absolute Gasteiger partial charge is 0.184 e. The van der Waals surface area contributed by atoms with Gasteiger partial charge in [0, 0.05) is 23.9 Å². The third kappa shape index (κ3) is 3.00. The highest BCUT2D eigenvalue weighted by molar-refractivity contribution is 6.69. The van der Waals surface area contributed by atoms with Crippen LogP contribution in [0.5, 0.6) is 0 Å². The molecule has 4 aliphatic rings. The standard InChI is InChI=1S/C24H42O3Si/c1-7-16-14-20-18-9-13-24(26)15-17(27-28(4,5)6)8-12-23(24,3)19(18)10-11-22(20,2)21(16)25/h16-20,26H,7-15H2,1-6H3/t16?,17?,18-,19-,20+,22+,23-,24?/m1/s1. The molecule has 0 heterocycles. The molecule has 0 amide bonds. The summed E-state index contributed by atoms with van der Waals surface area (Å²) in [5, 5.41) is 11.9. The van der Waals surface area contributed by atoms with Gasteiger partial charge in [-0.3, -0.25) is 4.79 Å². The Hall–Kier alpha value is -0.193. The van der Waals surface area contributed by atoms with E-state index in [2.05, 4.69) is 40.4 Å². The minimum absolute atomic E-state index is 0.0100. The van der Waals surface area contributed by atoms with Crippen LogP contribution in [0.2, 0.25) is 19.6 Å². The highest BCUT2D eigenvalue weighted by Gasteiger charge is 2.65. The van der Waals surface area contributed by atoms with Crippen LogP contribution in [0, 0.1) is 34.5 Å². The number of ketones is 1. The monoisotopic (exact) mass is 406 g/mol. The minimum atomic E-state index is -1.59. The number of Topliss-reactive ketones (excluding diaryl/α,β-unsaturated/α-hetero) is 1. The number of aliphatic hydroxyl groups is 1. The Morgan fingerprint density at radius 3 is 2.43 bits per heavy atom. The number of hydrogen-bond acceptors (Lipinski definition) is 3. The second kappa shape index (κ2) is 6.65. The summed E-state index contributed by atoms with van der Waals surface area (Å²) < 4.78 is 6.44. The highest BCUT2D eigenvalue weighted by Crippen LogP contribution is 2.67. The van der Waals surface area contributed by atoms with Crippen LogP contribution < -0.4 is 0 Å². The van der Waals surface area contributed by atoms with Gasteiger partial charge in [-0.2, -0.15) is 0 Å². The van der Waals surface area contributed by atoms with E-state index in [4.69, 9.17) is 4.43 Å². The molecule has 4 aliphatic carbocycles. The van der Waals surface area contributed by atoms with Crippen molar-refractivity contribution in [3.8, 4) is 0 Å². The zero-order valence-electron chi connectivity index (χ0n) is 19.0. The molecule has 0 radical (unpaired) electrons. The molecule has 4 saturated carbocycles. The van der Waals surface area contributed by atoms with E-state index < -0.39 is 13.9 Å². The van der Waals surface area contributed by atoms with Gasteiger partial charge in [-0.25, -0.2) is 0 Å². The fourth-order valence-corrected chi connectivity index (χ4v) is 9.30. The third-order valence-electron chi connectivity index (χ3n) is 9.64. The van der Waals surface area contributed by atoms with Gasteiger partial charge in [0.05, 0.1) is 5.60 Å². The summed E-state index contributed by atoms with van der Waals surface area (Å²) in [5.74, 6) is 2.57. The van der Waals surface area contributed by atoms with E-state index in [1.54, 1.807) is 0 Å². The van der Waals surface area contributed by atoms with E-state index in [9.17, 15) is 9.90 Å². The van der Waals surface area contributed by atoms with Crippen molar-refractivity contribution in [3.05, 3.63) is 0 Å². The quantitative estimate of drug-likeness (QED) is 0.623. The Morgan fingerprint density at radius 1 is 1.07 bits per heavy atom. The second-order valence-corrected chi connectivity index (χ2v) is 16.6. The molecule has 1 N–H and O–H groups in total. The lowest BCUT2D eigenvalue weighted by atomic mass is 9.43. The van der Waals surface area contributed by atoms with Crippen LogP contribution in [0.1, 0.15) is 78.6 Å². The topological polar surface area (TPSA) is 46.5 Å². The lowest BCUT2D eigenvalue weighted by molar-refractivity contribution is -0.215. The first kappa shape index (κ1) is 21.1. The van der Waals surface area contributed by atoms with Crippen LogP contribution in [0.15, 0.2) is 0 Å².